The summed E-state index contributed by atoms with van der Waals surface area (Å²) in [5, 5.41) is 20.8. The number of benzene rings is 2. The van der Waals surface area contributed by atoms with Crippen LogP contribution in [-0.2, 0) is 6.42 Å². The SMILES string of the molecule is CCNc1cc(C(=O)NC(Cc2cccc(F)c2)C(O)CNC(C)CCCC(C)C)cc(N2CCCCS2(O)O)c1. The summed E-state index contributed by atoms with van der Waals surface area (Å²) in [6.07, 6.45) is 4.13. The van der Waals surface area contributed by atoms with E-state index in [0.29, 0.717) is 47.3 Å². The van der Waals surface area contributed by atoms with Crippen molar-refractivity contribution in [2.24, 2.45) is 5.92 Å². The molecule has 1 amide bonds. The second kappa shape index (κ2) is 15.7. The van der Waals surface area contributed by atoms with Gasteiger partial charge in [0, 0.05) is 36.9 Å². The highest BCUT2D eigenvalue weighted by molar-refractivity contribution is 8.25. The fraction of sp³-hybridized carbons (Fsp3) is 0.581. The number of rotatable bonds is 15. The van der Waals surface area contributed by atoms with Crippen molar-refractivity contribution in [3.63, 3.8) is 0 Å². The standard InChI is InChI=1S/C31H49FN4O4S/c1-5-33-27-18-25(19-28(20-27)36-14-6-7-15-41(36,39)40)31(38)35-29(17-24-12-9-13-26(32)16-24)30(37)21-34-23(4)11-8-10-22(2)3/h9,12-13,16,18-20,22-23,29-30,33-34,37,39-40H,5-8,10-11,14-15,17,21H2,1-4H3,(H,35,38). The Morgan fingerprint density at radius 2 is 1.88 bits per heavy atom. The van der Waals surface area contributed by atoms with Crippen molar-refractivity contribution in [3.05, 3.63) is 59.4 Å². The molecule has 10 heteroatoms. The van der Waals surface area contributed by atoms with Crippen molar-refractivity contribution in [1.29, 1.82) is 0 Å². The van der Waals surface area contributed by atoms with Gasteiger partial charge < -0.3 is 21.1 Å². The highest BCUT2D eigenvalue weighted by atomic mass is 32.3. The van der Waals surface area contributed by atoms with E-state index in [9.17, 15) is 23.4 Å². The molecule has 0 spiro atoms. The van der Waals surface area contributed by atoms with Gasteiger partial charge in [-0.05, 0) is 81.3 Å². The van der Waals surface area contributed by atoms with E-state index in [0.717, 1.165) is 32.1 Å². The van der Waals surface area contributed by atoms with E-state index in [1.54, 1.807) is 28.6 Å². The molecule has 6 N–H and O–H groups in total. The van der Waals surface area contributed by atoms with Crippen molar-refractivity contribution in [2.45, 2.75) is 84.4 Å². The molecule has 1 aliphatic heterocycles. The van der Waals surface area contributed by atoms with Crippen LogP contribution in [0.4, 0.5) is 15.8 Å². The number of hydrogen-bond acceptors (Lipinski definition) is 7. The molecule has 0 bridgehead atoms. The molecule has 230 valence electrons. The predicted molar refractivity (Wildman–Crippen MR) is 168 cm³/mol. The maximum atomic E-state index is 14.0. The fourth-order valence-electron chi connectivity index (χ4n) is 5.15. The maximum Gasteiger partial charge on any atom is 0.251 e. The number of anilines is 2. The van der Waals surface area contributed by atoms with Gasteiger partial charge in [-0.2, -0.15) is 0 Å². The third-order valence-corrected chi connectivity index (χ3v) is 9.39. The van der Waals surface area contributed by atoms with Gasteiger partial charge in [-0.15, -0.1) is 10.8 Å². The topological polar surface area (TPSA) is 117 Å². The predicted octanol–water partition coefficient (Wildman–Crippen LogP) is 6.03. The quantitative estimate of drug-likeness (QED) is 0.150. The average Bonchev–Trinajstić information content (AvgIpc) is 2.91. The first-order valence-corrected chi connectivity index (χ1v) is 16.5. The van der Waals surface area contributed by atoms with Gasteiger partial charge in [-0.25, -0.2) is 4.39 Å². The van der Waals surface area contributed by atoms with Crippen LogP contribution < -0.4 is 20.3 Å². The number of carbonyl (C=O) groups excluding carboxylic acids is 1. The van der Waals surface area contributed by atoms with Crippen LogP contribution in [-0.4, -0.2) is 63.7 Å². The minimum Gasteiger partial charge on any atom is -0.390 e. The molecule has 3 atom stereocenters. The van der Waals surface area contributed by atoms with Gasteiger partial charge in [0.25, 0.3) is 5.91 Å². The van der Waals surface area contributed by atoms with Crippen molar-refractivity contribution >= 4 is 28.1 Å². The Hall–Kier alpha value is -2.37. The summed E-state index contributed by atoms with van der Waals surface area (Å²) in [4.78, 5) is 13.6. The van der Waals surface area contributed by atoms with Crippen LogP contribution in [0, 0.1) is 11.7 Å². The van der Waals surface area contributed by atoms with Gasteiger partial charge in [0.1, 0.15) is 5.82 Å². The minimum absolute atomic E-state index is 0.206. The smallest absolute Gasteiger partial charge is 0.251 e. The number of amides is 1. The summed E-state index contributed by atoms with van der Waals surface area (Å²) < 4.78 is 37.0. The van der Waals surface area contributed by atoms with E-state index in [1.807, 2.05) is 13.0 Å². The molecule has 1 fully saturated rings. The van der Waals surface area contributed by atoms with Crippen LogP contribution in [0.15, 0.2) is 42.5 Å². The van der Waals surface area contributed by atoms with Crippen LogP contribution in [0.25, 0.3) is 0 Å². The Morgan fingerprint density at radius 3 is 2.56 bits per heavy atom. The Bertz CT molecular complexity index is 1120. The monoisotopic (exact) mass is 592 g/mol. The number of carbonyl (C=O) groups is 1. The van der Waals surface area contributed by atoms with Gasteiger partial charge in [0.05, 0.1) is 23.6 Å². The second-order valence-corrected chi connectivity index (χ2v) is 13.7. The summed E-state index contributed by atoms with van der Waals surface area (Å²) >= 11 is 0. The molecule has 1 heterocycles. The highest BCUT2D eigenvalue weighted by Gasteiger charge is 2.29. The first-order chi connectivity index (χ1) is 19.5. The number of nitrogens with one attached hydrogen (secondary N) is 3. The molecule has 3 unspecified atom stereocenters. The number of aliphatic hydroxyl groups excluding tert-OH is 1. The van der Waals surface area contributed by atoms with Crippen molar-refractivity contribution < 1.29 is 23.4 Å². The molecular formula is C31H49FN4O4S. The van der Waals surface area contributed by atoms with E-state index in [2.05, 4.69) is 36.7 Å². The average molecular weight is 593 g/mol. The number of halogens is 1. The lowest BCUT2D eigenvalue weighted by atomic mass is 9.99. The Labute approximate surface area is 246 Å². The molecule has 1 saturated heterocycles. The van der Waals surface area contributed by atoms with Crippen LogP contribution in [0.5, 0.6) is 0 Å². The Kier molecular flexibility index (Phi) is 12.7. The lowest BCUT2D eigenvalue weighted by Gasteiger charge is -2.47. The summed E-state index contributed by atoms with van der Waals surface area (Å²) in [6, 6.07) is 10.9. The van der Waals surface area contributed by atoms with Crippen molar-refractivity contribution in [1.82, 2.24) is 10.6 Å². The van der Waals surface area contributed by atoms with Gasteiger partial charge in [-0.1, -0.05) is 38.8 Å². The van der Waals surface area contributed by atoms with E-state index < -0.39 is 28.8 Å². The molecule has 0 aliphatic carbocycles. The molecule has 2 aromatic rings. The lowest BCUT2D eigenvalue weighted by Crippen LogP contribution is -2.49. The van der Waals surface area contributed by atoms with Gasteiger partial charge in [0.2, 0.25) is 0 Å². The van der Waals surface area contributed by atoms with E-state index >= 15 is 0 Å². The van der Waals surface area contributed by atoms with Crippen LogP contribution in [0.2, 0.25) is 0 Å². The Balaban J connectivity index is 1.80. The molecule has 0 saturated carbocycles. The maximum absolute atomic E-state index is 14.0. The number of nitrogens with zero attached hydrogens (tertiary/aromatic N) is 1. The Morgan fingerprint density at radius 1 is 1.10 bits per heavy atom. The summed E-state index contributed by atoms with van der Waals surface area (Å²) in [6.45, 7) is 9.84. The van der Waals surface area contributed by atoms with Crippen molar-refractivity contribution in [3.8, 4) is 0 Å². The van der Waals surface area contributed by atoms with Crippen molar-refractivity contribution in [2.75, 3.05) is 35.0 Å². The lowest BCUT2D eigenvalue weighted by molar-refractivity contribution is 0.0825. The van der Waals surface area contributed by atoms with Crippen LogP contribution >= 0.6 is 10.8 Å². The molecule has 2 aromatic carbocycles. The van der Waals surface area contributed by atoms with Crippen LogP contribution in [0.1, 0.15) is 75.7 Å². The molecule has 8 nitrogen and oxygen atoms in total. The van der Waals surface area contributed by atoms with Gasteiger partial charge in [-0.3, -0.25) is 18.2 Å². The summed E-state index contributed by atoms with van der Waals surface area (Å²) in [5.74, 6) is 0.171. The largest absolute Gasteiger partial charge is 0.390 e. The van der Waals surface area contributed by atoms with E-state index in [4.69, 9.17) is 0 Å². The summed E-state index contributed by atoms with van der Waals surface area (Å²) in [5.41, 5.74) is 2.26. The second-order valence-electron chi connectivity index (χ2n) is 11.6. The van der Waals surface area contributed by atoms with E-state index in [1.165, 1.54) is 12.1 Å². The number of hydrogen-bond donors (Lipinski definition) is 6. The zero-order valence-corrected chi connectivity index (χ0v) is 25.7. The van der Waals surface area contributed by atoms with Crippen LogP contribution in [0.3, 0.4) is 0 Å². The third kappa shape index (κ3) is 10.4. The third-order valence-electron chi connectivity index (χ3n) is 7.45. The highest BCUT2D eigenvalue weighted by Crippen LogP contribution is 2.50. The molecule has 41 heavy (non-hydrogen) atoms. The first kappa shape index (κ1) is 33.1. The fourth-order valence-corrected chi connectivity index (χ4v) is 6.83. The minimum atomic E-state index is -2.97. The summed E-state index contributed by atoms with van der Waals surface area (Å²) in [7, 11) is -2.97. The molecule has 0 aromatic heterocycles. The molecule has 1 aliphatic rings. The normalized spacial score (nSPS) is 18.0. The zero-order chi connectivity index (χ0) is 30.0. The molecular weight excluding hydrogens is 543 g/mol. The zero-order valence-electron chi connectivity index (χ0n) is 24.9. The first-order valence-electron chi connectivity index (χ1n) is 14.9. The van der Waals surface area contributed by atoms with E-state index in [-0.39, 0.29) is 24.8 Å². The molecule has 0 radical (unpaired) electrons. The number of aliphatic hydroxyl groups is 1. The van der Waals surface area contributed by atoms with Gasteiger partial charge in [0.15, 0.2) is 0 Å². The van der Waals surface area contributed by atoms with Gasteiger partial charge >= 0.3 is 0 Å². The molecule has 3 rings (SSSR count).